The van der Waals surface area contributed by atoms with Crippen LogP contribution >= 0.6 is 34.8 Å². The molecule has 2 aromatic carbocycles. The third-order valence-corrected chi connectivity index (χ3v) is 4.70. The number of nitrogens with two attached hydrogens (primary N) is 1. The molecule has 1 aromatic heterocycles. The predicted molar refractivity (Wildman–Crippen MR) is 105 cm³/mol. The molecule has 3 rings (SSSR count). The Morgan fingerprint density at radius 3 is 2.62 bits per heavy atom. The number of carbonyl (C=O) groups is 1. The summed E-state index contributed by atoms with van der Waals surface area (Å²) in [5.41, 5.74) is 7.02. The molecule has 3 aromatic rings. The van der Waals surface area contributed by atoms with Crippen molar-refractivity contribution < 1.29 is 13.9 Å². The number of furan rings is 1. The summed E-state index contributed by atoms with van der Waals surface area (Å²) in [6.07, 6.45) is 0. The zero-order valence-electron chi connectivity index (χ0n) is 13.5. The van der Waals surface area contributed by atoms with Crippen LogP contribution in [0.1, 0.15) is 10.6 Å². The fraction of sp³-hybridized carbons (Fsp3) is 0.0556. The van der Waals surface area contributed by atoms with Gasteiger partial charge in [0.05, 0.1) is 22.2 Å². The molecular weight excluding hydrogens is 399 g/mol. The molecule has 0 saturated heterocycles. The number of rotatable bonds is 4. The first-order valence-corrected chi connectivity index (χ1v) is 8.52. The van der Waals surface area contributed by atoms with E-state index in [1.54, 1.807) is 30.3 Å². The maximum absolute atomic E-state index is 12.5. The fourth-order valence-corrected chi connectivity index (χ4v) is 3.02. The molecule has 0 atom stereocenters. The van der Waals surface area contributed by atoms with Crippen molar-refractivity contribution >= 4 is 52.1 Å². The van der Waals surface area contributed by atoms with Crippen molar-refractivity contribution in [2.24, 2.45) is 0 Å². The topological polar surface area (TPSA) is 77.5 Å². The lowest BCUT2D eigenvalue weighted by Crippen LogP contribution is -2.12. The summed E-state index contributed by atoms with van der Waals surface area (Å²) < 4.78 is 10.8. The van der Waals surface area contributed by atoms with Crippen LogP contribution in [-0.4, -0.2) is 13.0 Å². The number of nitrogen functional groups attached to an aromatic ring is 1. The van der Waals surface area contributed by atoms with Gasteiger partial charge in [-0.3, -0.25) is 4.79 Å². The number of hydrogen-bond acceptors (Lipinski definition) is 4. The number of anilines is 2. The maximum Gasteiger partial charge on any atom is 0.291 e. The van der Waals surface area contributed by atoms with E-state index in [1.165, 1.54) is 19.2 Å². The monoisotopic (exact) mass is 410 g/mol. The van der Waals surface area contributed by atoms with Crippen LogP contribution in [0.4, 0.5) is 11.4 Å². The van der Waals surface area contributed by atoms with Crippen LogP contribution in [0.25, 0.3) is 11.3 Å². The Morgan fingerprint density at radius 2 is 1.88 bits per heavy atom. The average Bonchev–Trinajstić information content (AvgIpc) is 3.09. The summed E-state index contributed by atoms with van der Waals surface area (Å²) in [6, 6.07) is 11.4. The summed E-state index contributed by atoms with van der Waals surface area (Å²) in [6.45, 7) is 0. The Labute approximate surface area is 164 Å². The summed E-state index contributed by atoms with van der Waals surface area (Å²) in [5.74, 6) is 0.330. The van der Waals surface area contributed by atoms with Gasteiger partial charge in [0.1, 0.15) is 17.2 Å². The standard InChI is InChI=1S/C18H13Cl3N2O3/c1-25-15-8-9(22)7-12(20)17(15)23-18(24)14-6-5-13(26-14)10-3-2-4-11(19)16(10)21/h2-8H,22H2,1H3,(H,23,24). The number of benzene rings is 2. The Balaban J connectivity index is 1.89. The van der Waals surface area contributed by atoms with E-state index in [0.717, 1.165) is 0 Å². The molecule has 0 radical (unpaired) electrons. The first kappa shape index (κ1) is 18.5. The molecule has 3 N–H and O–H groups in total. The van der Waals surface area contributed by atoms with Crippen molar-refractivity contribution in [2.45, 2.75) is 0 Å². The average molecular weight is 412 g/mol. The van der Waals surface area contributed by atoms with Crippen molar-refractivity contribution in [2.75, 3.05) is 18.2 Å². The molecule has 8 heteroatoms. The number of methoxy groups -OCH3 is 1. The molecule has 0 aliphatic heterocycles. The highest BCUT2D eigenvalue weighted by atomic mass is 35.5. The number of amides is 1. The van der Waals surface area contributed by atoms with Gasteiger partial charge in [0, 0.05) is 17.3 Å². The Bertz CT molecular complexity index is 986. The SMILES string of the molecule is COc1cc(N)cc(Cl)c1NC(=O)c1ccc(-c2cccc(Cl)c2Cl)o1. The molecule has 0 aliphatic carbocycles. The molecule has 0 aliphatic rings. The van der Waals surface area contributed by atoms with E-state index >= 15 is 0 Å². The number of halogens is 3. The van der Waals surface area contributed by atoms with Gasteiger partial charge in [-0.05, 0) is 30.3 Å². The quantitative estimate of drug-likeness (QED) is 0.536. The van der Waals surface area contributed by atoms with Crippen molar-refractivity contribution in [3.8, 4) is 17.1 Å². The molecule has 0 spiro atoms. The zero-order valence-corrected chi connectivity index (χ0v) is 15.7. The van der Waals surface area contributed by atoms with Crippen molar-refractivity contribution in [1.82, 2.24) is 0 Å². The van der Waals surface area contributed by atoms with Gasteiger partial charge in [0.25, 0.3) is 5.91 Å². The van der Waals surface area contributed by atoms with Crippen molar-refractivity contribution in [1.29, 1.82) is 0 Å². The highest BCUT2D eigenvalue weighted by Gasteiger charge is 2.18. The third kappa shape index (κ3) is 3.60. The molecule has 0 unspecified atom stereocenters. The molecule has 0 fully saturated rings. The maximum atomic E-state index is 12.5. The van der Waals surface area contributed by atoms with Crippen LogP contribution in [-0.2, 0) is 0 Å². The Morgan fingerprint density at radius 1 is 1.12 bits per heavy atom. The van der Waals surface area contributed by atoms with Crippen LogP contribution in [0, 0.1) is 0 Å². The number of carbonyl (C=O) groups excluding carboxylic acids is 1. The van der Waals surface area contributed by atoms with E-state index < -0.39 is 5.91 Å². The smallest absolute Gasteiger partial charge is 0.291 e. The summed E-state index contributed by atoms with van der Waals surface area (Å²) >= 11 is 18.3. The second-order valence-corrected chi connectivity index (χ2v) is 6.49. The number of ether oxygens (including phenoxy) is 1. The lowest BCUT2D eigenvalue weighted by molar-refractivity contribution is 0.0997. The van der Waals surface area contributed by atoms with Gasteiger partial charge in [0.15, 0.2) is 5.76 Å². The molecule has 0 bridgehead atoms. The van der Waals surface area contributed by atoms with E-state index in [0.29, 0.717) is 38.5 Å². The molecule has 1 heterocycles. The van der Waals surface area contributed by atoms with E-state index in [1.807, 2.05) is 0 Å². The lowest BCUT2D eigenvalue weighted by Gasteiger charge is -2.12. The minimum Gasteiger partial charge on any atom is -0.494 e. The number of hydrogen-bond donors (Lipinski definition) is 2. The van der Waals surface area contributed by atoms with Gasteiger partial charge >= 0.3 is 0 Å². The largest absolute Gasteiger partial charge is 0.494 e. The fourth-order valence-electron chi connectivity index (χ4n) is 2.36. The highest BCUT2D eigenvalue weighted by Crippen LogP contribution is 2.36. The van der Waals surface area contributed by atoms with Crippen LogP contribution in [0.2, 0.25) is 15.1 Å². The van der Waals surface area contributed by atoms with Crippen molar-refractivity contribution in [3.05, 3.63) is 63.3 Å². The van der Waals surface area contributed by atoms with Crippen molar-refractivity contribution in [3.63, 3.8) is 0 Å². The molecule has 26 heavy (non-hydrogen) atoms. The lowest BCUT2D eigenvalue weighted by atomic mass is 10.2. The first-order valence-electron chi connectivity index (χ1n) is 7.39. The van der Waals surface area contributed by atoms with Crippen LogP contribution < -0.4 is 15.8 Å². The second kappa shape index (κ2) is 7.50. The Hall–Kier alpha value is -2.34. The van der Waals surface area contributed by atoms with E-state index in [4.69, 9.17) is 49.7 Å². The molecule has 1 amide bonds. The van der Waals surface area contributed by atoms with Gasteiger partial charge in [-0.2, -0.15) is 0 Å². The van der Waals surface area contributed by atoms with Crippen LogP contribution in [0.5, 0.6) is 5.75 Å². The second-order valence-electron chi connectivity index (χ2n) is 5.30. The van der Waals surface area contributed by atoms with E-state index in [-0.39, 0.29) is 10.8 Å². The van der Waals surface area contributed by atoms with Gasteiger partial charge in [-0.1, -0.05) is 40.9 Å². The molecule has 5 nitrogen and oxygen atoms in total. The first-order chi connectivity index (χ1) is 12.4. The van der Waals surface area contributed by atoms with Gasteiger partial charge in [0.2, 0.25) is 0 Å². The molecular formula is C18H13Cl3N2O3. The van der Waals surface area contributed by atoms with E-state index in [2.05, 4.69) is 5.32 Å². The molecule has 134 valence electrons. The highest BCUT2D eigenvalue weighted by molar-refractivity contribution is 6.43. The third-order valence-electron chi connectivity index (χ3n) is 3.58. The summed E-state index contributed by atoms with van der Waals surface area (Å²) in [5, 5.41) is 3.65. The van der Waals surface area contributed by atoms with Gasteiger partial charge in [-0.25, -0.2) is 0 Å². The van der Waals surface area contributed by atoms with E-state index in [9.17, 15) is 4.79 Å². The minimum atomic E-state index is -0.501. The number of nitrogens with one attached hydrogen (secondary N) is 1. The summed E-state index contributed by atoms with van der Waals surface area (Å²) in [4.78, 5) is 12.5. The Kier molecular flexibility index (Phi) is 5.32. The normalized spacial score (nSPS) is 10.6. The predicted octanol–water partition coefficient (Wildman–Crippen LogP) is 5.75. The zero-order chi connectivity index (χ0) is 18.8. The summed E-state index contributed by atoms with van der Waals surface area (Å²) in [7, 11) is 1.45. The van der Waals surface area contributed by atoms with Gasteiger partial charge in [-0.15, -0.1) is 0 Å². The molecule has 0 saturated carbocycles. The van der Waals surface area contributed by atoms with Gasteiger partial charge < -0.3 is 20.2 Å². The minimum absolute atomic E-state index is 0.0750. The van der Waals surface area contributed by atoms with Crippen LogP contribution in [0.15, 0.2) is 46.9 Å². The van der Waals surface area contributed by atoms with Crippen LogP contribution in [0.3, 0.4) is 0 Å².